The third-order valence-corrected chi connectivity index (χ3v) is 5.02. The van der Waals surface area contributed by atoms with Crippen LogP contribution in [0.2, 0.25) is 5.02 Å². The largest absolute Gasteiger partial charge is 0.346 e. The van der Waals surface area contributed by atoms with Crippen molar-refractivity contribution in [1.29, 1.82) is 0 Å². The Morgan fingerprint density at radius 2 is 1.93 bits per heavy atom. The Hall–Kier alpha value is -2.76. The molecule has 0 aliphatic carbocycles. The van der Waals surface area contributed by atoms with E-state index in [1.165, 1.54) is 0 Å². The second-order valence-corrected chi connectivity index (χ2v) is 7.58. The molecule has 0 atom stereocenters. The highest BCUT2D eigenvalue weighted by atomic mass is 79.9. The van der Waals surface area contributed by atoms with Gasteiger partial charge in [0.2, 0.25) is 0 Å². The number of amides is 1. The highest BCUT2D eigenvalue weighted by Crippen LogP contribution is 2.28. The SMILES string of the molecule is O=C(NCc1ccccn1)c1cc(-c2cccc(Br)c2)nc2ccc(Cl)cc12. The molecule has 0 bridgehead atoms. The summed E-state index contributed by atoms with van der Waals surface area (Å²) in [6.45, 7) is 0.344. The van der Waals surface area contributed by atoms with Gasteiger partial charge in [0.05, 0.1) is 29.0 Å². The number of benzene rings is 2. The van der Waals surface area contributed by atoms with Gasteiger partial charge >= 0.3 is 0 Å². The van der Waals surface area contributed by atoms with Gasteiger partial charge in [0.15, 0.2) is 0 Å². The fourth-order valence-corrected chi connectivity index (χ4v) is 3.52. The van der Waals surface area contributed by atoms with Crippen molar-refractivity contribution in [2.24, 2.45) is 0 Å². The van der Waals surface area contributed by atoms with Gasteiger partial charge in [-0.1, -0.05) is 45.7 Å². The van der Waals surface area contributed by atoms with E-state index in [4.69, 9.17) is 16.6 Å². The average molecular weight is 453 g/mol. The van der Waals surface area contributed by atoms with Crippen LogP contribution in [0.5, 0.6) is 0 Å². The van der Waals surface area contributed by atoms with Crippen LogP contribution >= 0.6 is 27.5 Å². The van der Waals surface area contributed by atoms with Crippen molar-refractivity contribution in [3.8, 4) is 11.3 Å². The molecule has 1 N–H and O–H groups in total. The van der Waals surface area contributed by atoms with E-state index in [2.05, 4.69) is 26.2 Å². The number of halogens is 2. The van der Waals surface area contributed by atoms with Crippen molar-refractivity contribution in [3.63, 3.8) is 0 Å². The molecular formula is C22H15BrClN3O. The zero-order valence-corrected chi connectivity index (χ0v) is 17.0. The van der Waals surface area contributed by atoms with E-state index in [1.807, 2.05) is 48.5 Å². The van der Waals surface area contributed by atoms with E-state index in [-0.39, 0.29) is 5.91 Å². The molecule has 2 aromatic heterocycles. The predicted octanol–water partition coefficient (Wildman–Crippen LogP) is 5.64. The first kappa shape index (κ1) is 18.6. The van der Waals surface area contributed by atoms with E-state index in [9.17, 15) is 4.79 Å². The summed E-state index contributed by atoms with van der Waals surface area (Å²) in [7, 11) is 0. The van der Waals surface area contributed by atoms with Crippen molar-refractivity contribution in [2.45, 2.75) is 6.54 Å². The summed E-state index contributed by atoms with van der Waals surface area (Å²) in [4.78, 5) is 21.9. The smallest absolute Gasteiger partial charge is 0.252 e. The van der Waals surface area contributed by atoms with Gasteiger partial charge in [0.25, 0.3) is 5.91 Å². The summed E-state index contributed by atoms with van der Waals surface area (Å²) >= 11 is 9.66. The van der Waals surface area contributed by atoms with Crippen LogP contribution in [0.3, 0.4) is 0 Å². The number of nitrogens with one attached hydrogen (secondary N) is 1. The molecule has 0 saturated heterocycles. The zero-order chi connectivity index (χ0) is 19.5. The first-order chi connectivity index (χ1) is 13.6. The van der Waals surface area contributed by atoms with E-state index < -0.39 is 0 Å². The summed E-state index contributed by atoms with van der Waals surface area (Å²) in [5.41, 5.74) is 3.67. The van der Waals surface area contributed by atoms with Gasteiger partial charge in [-0.05, 0) is 48.5 Å². The number of carbonyl (C=O) groups is 1. The summed E-state index contributed by atoms with van der Waals surface area (Å²) in [6, 6.07) is 20.6. The third kappa shape index (κ3) is 4.06. The van der Waals surface area contributed by atoms with Crippen molar-refractivity contribution < 1.29 is 4.79 Å². The first-order valence-corrected chi connectivity index (χ1v) is 9.81. The Bertz CT molecular complexity index is 1170. The fourth-order valence-electron chi connectivity index (χ4n) is 2.95. The van der Waals surface area contributed by atoms with Gasteiger partial charge in [0, 0.05) is 26.6 Å². The Balaban J connectivity index is 1.76. The minimum absolute atomic E-state index is 0.198. The maximum absolute atomic E-state index is 13.0. The number of hydrogen-bond acceptors (Lipinski definition) is 3. The molecule has 0 aliphatic rings. The van der Waals surface area contributed by atoms with Crippen LogP contribution in [0.15, 0.2) is 77.4 Å². The van der Waals surface area contributed by atoms with Gasteiger partial charge < -0.3 is 5.32 Å². The molecule has 2 heterocycles. The monoisotopic (exact) mass is 451 g/mol. The third-order valence-electron chi connectivity index (χ3n) is 4.29. The van der Waals surface area contributed by atoms with Crippen LogP contribution in [0.4, 0.5) is 0 Å². The molecule has 0 unspecified atom stereocenters. The molecule has 4 rings (SSSR count). The molecule has 0 radical (unpaired) electrons. The normalized spacial score (nSPS) is 10.8. The van der Waals surface area contributed by atoms with E-state index >= 15 is 0 Å². The van der Waals surface area contributed by atoms with E-state index in [1.54, 1.807) is 24.4 Å². The fraction of sp³-hybridized carbons (Fsp3) is 0.0455. The Morgan fingerprint density at radius 1 is 1.04 bits per heavy atom. The second-order valence-electron chi connectivity index (χ2n) is 6.23. The molecule has 2 aromatic carbocycles. The number of fused-ring (bicyclic) bond motifs is 1. The predicted molar refractivity (Wildman–Crippen MR) is 115 cm³/mol. The van der Waals surface area contributed by atoms with Crippen LogP contribution < -0.4 is 5.32 Å². The van der Waals surface area contributed by atoms with E-state index in [0.717, 1.165) is 21.4 Å². The number of aromatic nitrogens is 2. The first-order valence-electron chi connectivity index (χ1n) is 8.64. The van der Waals surface area contributed by atoms with Crippen LogP contribution in [-0.4, -0.2) is 15.9 Å². The Labute approximate surface area is 175 Å². The Morgan fingerprint density at radius 3 is 2.71 bits per heavy atom. The van der Waals surface area contributed by atoms with Crippen molar-refractivity contribution >= 4 is 44.3 Å². The summed E-state index contributed by atoms with van der Waals surface area (Å²) in [6.07, 6.45) is 1.70. The summed E-state index contributed by atoms with van der Waals surface area (Å²) in [5.74, 6) is -0.198. The Kier molecular flexibility index (Phi) is 5.37. The molecule has 138 valence electrons. The van der Waals surface area contributed by atoms with Crippen LogP contribution in [0, 0.1) is 0 Å². The molecule has 0 fully saturated rings. The highest BCUT2D eigenvalue weighted by molar-refractivity contribution is 9.10. The summed E-state index contributed by atoms with van der Waals surface area (Å²) < 4.78 is 0.948. The topological polar surface area (TPSA) is 54.9 Å². The summed E-state index contributed by atoms with van der Waals surface area (Å²) in [5, 5.41) is 4.21. The number of rotatable bonds is 4. The van der Waals surface area contributed by atoms with Crippen LogP contribution in [-0.2, 0) is 6.54 Å². The van der Waals surface area contributed by atoms with Gasteiger partial charge in [-0.2, -0.15) is 0 Å². The molecule has 1 amide bonds. The lowest BCUT2D eigenvalue weighted by molar-refractivity contribution is 0.0952. The van der Waals surface area contributed by atoms with Gasteiger partial charge in [-0.15, -0.1) is 0 Å². The van der Waals surface area contributed by atoms with Gasteiger partial charge in [-0.3, -0.25) is 9.78 Å². The minimum Gasteiger partial charge on any atom is -0.346 e. The lowest BCUT2D eigenvalue weighted by Gasteiger charge is -2.11. The molecule has 0 spiro atoms. The molecule has 4 aromatic rings. The quantitative estimate of drug-likeness (QED) is 0.436. The number of nitrogens with zero attached hydrogens (tertiary/aromatic N) is 2. The molecular weight excluding hydrogens is 438 g/mol. The maximum Gasteiger partial charge on any atom is 0.252 e. The van der Waals surface area contributed by atoms with Crippen molar-refractivity contribution in [2.75, 3.05) is 0 Å². The number of hydrogen-bond donors (Lipinski definition) is 1. The molecule has 0 aliphatic heterocycles. The molecule has 28 heavy (non-hydrogen) atoms. The average Bonchev–Trinajstić information content (AvgIpc) is 2.72. The maximum atomic E-state index is 13.0. The zero-order valence-electron chi connectivity index (χ0n) is 14.7. The molecule has 0 saturated carbocycles. The highest BCUT2D eigenvalue weighted by Gasteiger charge is 2.15. The van der Waals surface area contributed by atoms with Crippen LogP contribution in [0.1, 0.15) is 16.1 Å². The lowest BCUT2D eigenvalue weighted by atomic mass is 10.0. The van der Waals surface area contributed by atoms with Crippen molar-refractivity contribution in [1.82, 2.24) is 15.3 Å². The standard InChI is InChI=1S/C22H15BrClN3O/c23-15-5-3-4-14(10-15)21-12-19(18-11-16(24)7-8-20(18)27-21)22(28)26-13-17-6-1-2-9-25-17/h1-12H,13H2,(H,26,28). The second kappa shape index (κ2) is 8.09. The van der Waals surface area contributed by atoms with E-state index in [0.29, 0.717) is 28.0 Å². The molecule has 6 heteroatoms. The van der Waals surface area contributed by atoms with Crippen molar-refractivity contribution in [3.05, 3.63) is 93.7 Å². The lowest BCUT2D eigenvalue weighted by Crippen LogP contribution is -2.23. The molecule has 4 nitrogen and oxygen atoms in total. The number of pyridine rings is 2. The minimum atomic E-state index is -0.198. The number of carbonyl (C=O) groups excluding carboxylic acids is 1. The van der Waals surface area contributed by atoms with Gasteiger partial charge in [-0.25, -0.2) is 4.98 Å². The van der Waals surface area contributed by atoms with Crippen LogP contribution in [0.25, 0.3) is 22.2 Å². The van der Waals surface area contributed by atoms with Gasteiger partial charge in [0.1, 0.15) is 0 Å².